The molecule has 12 nitrogen and oxygen atoms in total. The van der Waals surface area contributed by atoms with Gasteiger partial charge in [0, 0.05) is 38.7 Å². The Bertz CT molecular complexity index is 1200. The zero-order chi connectivity index (χ0) is 23.3. The van der Waals surface area contributed by atoms with E-state index in [1.807, 2.05) is 6.92 Å². The smallest absolute Gasteiger partial charge is 0.327 e. The first kappa shape index (κ1) is 23.1. The Morgan fingerprint density at radius 1 is 1.16 bits per heavy atom. The Kier molecular flexibility index (Phi) is 7.00. The molecule has 0 radical (unpaired) electrons. The van der Waals surface area contributed by atoms with E-state index in [0.717, 1.165) is 6.26 Å². The molecule has 2 N–H and O–H groups in total. The molecule has 2 heterocycles. The second-order valence-corrected chi connectivity index (χ2v) is 8.96. The number of ether oxygens (including phenoxy) is 2. The molecule has 170 valence electrons. The predicted molar refractivity (Wildman–Crippen MR) is 116 cm³/mol. The maximum atomic E-state index is 12.7. The lowest BCUT2D eigenvalue weighted by Gasteiger charge is -2.14. The third-order valence-electron chi connectivity index (χ3n) is 4.03. The number of benzene rings is 1. The summed E-state index contributed by atoms with van der Waals surface area (Å²) in [4.78, 5) is 25.2. The number of nitrogens with zero attached hydrogens (tertiary/aromatic N) is 5. The summed E-state index contributed by atoms with van der Waals surface area (Å²) in [6.45, 7) is 2.23. The van der Waals surface area contributed by atoms with Crippen LogP contribution in [0.4, 0.5) is 11.8 Å². The first-order chi connectivity index (χ1) is 15.1. The molecule has 0 aliphatic rings. The molecule has 32 heavy (non-hydrogen) atoms. The van der Waals surface area contributed by atoms with E-state index in [1.165, 1.54) is 28.9 Å². The van der Waals surface area contributed by atoms with Gasteiger partial charge in [-0.05, 0) is 31.2 Å². The number of rotatable bonds is 9. The molecule has 3 aromatic rings. The minimum atomic E-state index is -3.34. The highest BCUT2D eigenvalue weighted by Crippen LogP contribution is 2.21. The molecule has 0 bridgehead atoms. The SMILES string of the molecule is COCC(C)Nc1nc(Oc2ccc(S(C)(=O)=O)cc2)nc(C(=O)Nc2ccn(C)n2)n1. The molecule has 1 atom stereocenters. The van der Waals surface area contributed by atoms with Crippen LogP contribution in [-0.2, 0) is 21.6 Å². The minimum Gasteiger partial charge on any atom is -0.424 e. The predicted octanol–water partition coefficient (Wildman–Crippen LogP) is 1.50. The molecule has 3 rings (SSSR count). The highest BCUT2D eigenvalue weighted by Gasteiger charge is 2.18. The summed E-state index contributed by atoms with van der Waals surface area (Å²) in [6.07, 6.45) is 2.79. The normalized spacial score (nSPS) is 12.2. The lowest BCUT2D eigenvalue weighted by atomic mass is 10.3. The molecule has 1 unspecified atom stereocenters. The Morgan fingerprint density at radius 2 is 1.88 bits per heavy atom. The summed E-state index contributed by atoms with van der Waals surface area (Å²) < 4.78 is 35.5. The van der Waals surface area contributed by atoms with E-state index < -0.39 is 15.7 Å². The molecule has 2 aromatic heterocycles. The monoisotopic (exact) mass is 461 g/mol. The molecule has 0 aliphatic carbocycles. The first-order valence-electron chi connectivity index (χ1n) is 9.44. The Hall–Kier alpha value is -3.58. The molecule has 0 saturated carbocycles. The molecular formula is C19H23N7O5S. The number of anilines is 2. The van der Waals surface area contributed by atoms with Crippen LogP contribution in [0.2, 0.25) is 0 Å². The van der Waals surface area contributed by atoms with Gasteiger partial charge in [0.25, 0.3) is 5.91 Å². The summed E-state index contributed by atoms with van der Waals surface area (Å²) in [5, 5.41) is 9.71. The van der Waals surface area contributed by atoms with E-state index in [0.29, 0.717) is 12.4 Å². The maximum Gasteiger partial charge on any atom is 0.327 e. The molecule has 0 aliphatic heterocycles. The quantitative estimate of drug-likeness (QED) is 0.480. The van der Waals surface area contributed by atoms with Crippen LogP contribution in [0, 0.1) is 0 Å². The number of sulfone groups is 1. The van der Waals surface area contributed by atoms with Gasteiger partial charge in [-0.1, -0.05) is 0 Å². The number of aryl methyl sites for hydroxylation is 1. The first-order valence-corrected chi connectivity index (χ1v) is 11.3. The van der Waals surface area contributed by atoms with Gasteiger partial charge >= 0.3 is 6.01 Å². The van der Waals surface area contributed by atoms with Crippen LogP contribution >= 0.6 is 0 Å². The maximum absolute atomic E-state index is 12.7. The molecule has 0 spiro atoms. The summed E-state index contributed by atoms with van der Waals surface area (Å²) in [6, 6.07) is 7.06. The van der Waals surface area contributed by atoms with Crippen molar-refractivity contribution in [1.82, 2.24) is 24.7 Å². The fourth-order valence-electron chi connectivity index (χ4n) is 2.59. The van der Waals surface area contributed by atoms with Crippen molar-refractivity contribution in [3.05, 3.63) is 42.4 Å². The molecule has 0 saturated heterocycles. The zero-order valence-corrected chi connectivity index (χ0v) is 18.8. The van der Waals surface area contributed by atoms with E-state index in [4.69, 9.17) is 9.47 Å². The summed E-state index contributed by atoms with van der Waals surface area (Å²) >= 11 is 0. The fourth-order valence-corrected chi connectivity index (χ4v) is 3.23. The molecule has 13 heteroatoms. The van der Waals surface area contributed by atoms with Gasteiger partial charge in [0.05, 0.1) is 11.5 Å². The number of hydrogen-bond acceptors (Lipinski definition) is 10. The summed E-state index contributed by atoms with van der Waals surface area (Å²) in [5.74, 6) is -0.0700. The zero-order valence-electron chi connectivity index (χ0n) is 17.9. The van der Waals surface area contributed by atoms with Crippen LogP contribution < -0.4 is 15.4 Å². The average molecular weight is 462 g/mol. The van der Waals surface area contributed by atoms with Gasteiger partial charge in [-0.2, -0.15) is 20.1 Å². The van der Waals surface area contributed by atoms with Crippen LogP contribution in [0.15, 0.2) is 41.4 Å². The van der Waals surface area contributed by atoms with Crippen molar-refractivity contribution in [1.29, 1.82) is 0 Å². The number of aromatic nitrogens is 5. The summed E-state index contributed by atoms with van der Waals surface area (Å²) in [7, 11) is -0.0608. The van der Waals surface area contributed by atoms with Crippen molar-refractivity contribution < 1.29 is 22.7 Å². The highest BCUT2D eigenvalue weighted by atomic mass is 32.2. The van der Waals surface area contributed by atoms with E-state index in [1.54, 1.807) is 26.4 Å². The number of nitrogens with one attached hydrogen (secondary N) is 2. The fraction of sp³-hybridized carbons (Fsp3) is 0.316. The summed E-state index contributed by atoms with van der Waals surface area (Å²) in [5.41, 5.74) is 0. The van der Waals surface area contributed by atoms with Crippen molar-refractivity contribution in [2.75, 3.05) is 30.6 Å². The molecule has 0 fully saturated rings. The number of carbonyl (C=O) groups is 1. The second-order valence-electron chi connectivity index (χ2n) is 6.94. The lowest BCUT2D eigenvalue weighted by Crippen LogP contribution is -2.24. The minimum absolute atomic E-state index is 0.110. The number of hydrogen-bond donors (Lipinski definition) is 2. The lowest BCUT2D eigenvalue weighted by molar-refractivity contribution is 0.101. The van der Waals surface area contributed by atoms with Gasteiger partial charge in [0.1, 0.15) is 5.75 Å². The van der Waals surface area contributed by atoms with Gasteiger partial charge in [0.15, 0.2) is 15.7 Å². The van der Waals surface area contributed by atoms with Gasteiger partial charge in [-0.15, -0.1) is 0 Å². The van der Waals surface area contributed by atoms with Crippen molar-refractivity contribution in [3.8, 4) is 11.8 Å². The van der Waals surface area contributed by atoms with Crippen LogP contribution in [0.5, 0.6) is 11.8 Å². The third-order valence-corrected chi connectivity index (χ3v) is 5.15. The van der Waals surface area contributed by atoms with E-state index in [-0.39, 0.29) is 34.5 Å². The third kappa shape index (κ3) is 6.21. The van der Waals surface area contributed by atoms with E-state index in [9.17, 15) is 13.2 Å². The van der Waals surface area contributed by atoms with Gasteiger partial charge in [0.2, 0.25) is 11.8 Å². The van der Waals surface area contributed by atoms with Crippen molar-refractivity contribution >= 4 is 27.5 Å². The van der Waals surface area contributed by atoms with Crippen molar-refractivity contribution in [2.45, 2.75) is 17.9 Å². The van der Waals surface area contributed by atoms with E-state index >= 15 is 0 Å². The second kappa shape index (κ2) is 9.70. The number of carbonyl (C=O) groups excluding carboxylic acids is 1. The Morgan fingerprint density at radius 3 is 2.47 bits per heavy atom. The molecule has 1 amide bonds. The number of amides is 1. The van der Waals surface area contributed by atoms with Gasteiger partial charge in [-0.25, -0.2) is 8.42 Å². The Balaban J connectivity index is 1.87. The van der Waals surface area contributed by atoms with Crippen LogP contribution in [0.25, 0.3) is 0 Å². The standard InChI is InChI=1S/C19H23N7O5S/c1-12(11-30-3)20-18-22-16(17(27)21-15-9-10-26(2)25-15)23-19(24-18)31-13-5-7-14(8-6-13)32(4,28)29/h5-10,12H,11H2,1-4H3,(H,21,25,27)(H,20,22,23,24). The largest absolute Gasteiger partial charge is 0.424 e. The average Bonchev–Trinajstić information content (AvgIpc) is 3.12. The van der Waals surface area contributed by atoms with Crippen molar-refractivity contribution in [2.24, 2.45) is 7.05 Å². The Labute approximate surface area is 184 Å². The molecular weight excluding hydrogens is 438 g/mol. The molecule has 1 aromatic carbocycles. The van der Waals surface area contributed by atoms with Crippen LogP contribution in [0.1, 0.15) is 17.5 Å². The van der Waals surface area contributed by atoms with Gasteiger partial charge in [-0.3, -0.25) is 9.48 Å². The van der Waals surface area contributed by atoms with E-state index in [2.05, 4.69) is 30.7 Å². The van der Waals surface area contributed by atoms with Crippen LogP contribution in [0.3, 0.4) is 0 Å². The number of methoxy groups -OCH3 is 1. The highest BCUT2D eigenvalue weighted by molar-refractivity contribution is 7.90. The topological polar surface area (TPSA) is 150 Å². The van der Waals surface area contributed by atoms with Gasteiger partial charge < -0.3 is 20.1 Å². The van der Waals surface area contributed by atoms with Crippen LogP contribution in [-0.4, -0.2) is 65.1 Å². The van der Waals surface area contributed by atoms with Crippen molar-refractivity contribution in [3.63, 3.8) is 0 Å².